The second kappa shape index (κ2) is 3.44. The number of halogens is 8. The molecule has 0 aliphatic heterocycles. The quantitative estimate of drug-likeness (QED) is 0.554. The fraction of sp³-hybridized carbons (Fsp3) is 0.750. The van der Waals surface area contributed by atoms with Gasteiger partial charge in [-0.2, -0.15) is 30.7 Å². The van der Waals surface area contributed by atoms with Gasteiger partial charge in [-0.15, -0.1) is 0 Å². The molecule has 0 heterocycles. The topological polar surface area (TPSA) is 26.3 Å². The van der Waals surface area contributed by atoms with E-state index in [0.29, 0.717) is 0 Å². The highest BCUT2D eigenvalue weighted by Gasteiger charge is 2.76. The summed E-state index contributed by atoms with van der Waals surface area (Å²) in [7, 11) is 0. The van der Waals surface area contributed by atoms with Crippen LogP contribution in [-0.4, -0.2) is 23.6 Å². The van der Waals surface area contributed by atoms with E-state index in [1.807, 2.05) is 0 Å². The van der Waals surface area contributed by atoms with Crippen molar-refractivity contribution in [3.63, 3.8) is 0 Å². The standard InChI is InChI=1S/C4ClF7O2/c5-1(13)14-4(11,12)2(6,7)3(8,9)10. The van der Waals surface area contributed by atoms with E-state index in [1.165, 1.54) is 0 Å². The van der Waals surface area contributed by atoms with E-state index in [0.717, 1.165) is 0 Å². The van der Waals surface area contributed by atoms with Crippen LogP contribution < -0.4 is 0 Å². The van der Waals surface area contributed by atoms with Gasteiger partial charge in [-0.05, 0) is 0 Å². The first-order chi connectivity index (χ1) is 5.92. The Morgan fingerprint density at radius 3 is 1.57 bits per heavy atom. The second-order valence-corrected chi connectivity index (χ2v) is 2.24. The second-order valence-electron chi connectivity index (χ2n) is 1.93. The lowest BCUT2D eigenvalue weighted by molar-refractivity contribution is -0.407. The predicted octanol–water partition coefficient (Wildman–Crippen LogP) is 3.15. The van der Waals surface area contributed by atoms with E-state index in [1.54, 1.807) is 0 Å². The monoisotopic (exact) mass is 248 g/mol. The third kappa shape index (κ3) is 2.40. The maximum Gasteiger partial charge on any atom is 0.477 e. The molecule has 0 saturated heterocycles. The van der Waals surface area contributed by atoms with Crippen LogP contribution in [0.15, 0.2) is 0 Å². The van der Waals surface area contributed by atoms with Crippen molar-refractivity contribution in [3.8, 4) is 0 Å². The van der Waals surface area contributed by atoms with Gasteiger partial charge < -0.3 is 4.74 Å². The number of rotatable bonds is 2. The number of ether oxygens (including phenoxy) is 1. The van der Waals surface area contributed by atoms with E-state index in [4.69, 9.17) is 0 Å². The first-order valence-electron chi connectivity index (χ1n) is 2.62. The smallest absolute Gasteiger partial charge is 0.383 e. The van der Waals surface area contributed by atoms with Crippen LogP contribution in [0, 0.1) is 0 Å². The lowest BCUT2D eigenvalue weighted by Gasteiger charge is -2.25. The average Bonchev–Trinajstić information content (AvgIpc) is 1.80. The Balaban J connectivity index is 4.97. The summed E-state index contributed by atoms with van der Waals surface area (Å²) in [6.45, 7) is 0. The van der Waals surface area contributed by atoms with E-state index in [9.17, 15) is 35.5 Å². The molecule has 0 spiro atoms. The Bertz CT molecular complexity index is 234. The molecular weight excluding hydrogens is 248 g/mol. The van der Waals surface area contributed by atoms with Gasteiger partial charge >= 0.3 is 23.6 Å². The zero-order valence-electron chi connectivity index (χ0n) is 5.84. The molecule has 0 bridgehead atoms. The van der Waals surface area contributed by atoms with Gasteiger partial charge in [0.05, 0.1) is 0 Å². The van der Waals surface area contributed by atoms with Crippen molar-refractivity contribution in [1.82, 2.24) is 0 Å². The first-order valence-corrected chi connectivity index (χ1v) is 3.00. The van der Waals surface area contributed by atoms with Crippen LogP contribution >= 0.6 is 11.6 Å². The molecule has 0 unspecified atom stereocenters. The molecule has 0 aromatic rings. The van der Waals surface area contributed by atoms with Gasteiger partial charge in [-0.1, -0.05) is 0 Å². The van der Waals surface area contributed by atoms with Gasteiger partial charge in [-0.25, -0.2) is 4.79 Å². The largest absolute Gasteiger partial charge is 0.477 e. The Labute approximate surface area is 76.6 Å². The van der Waals surface area contributed by atoms with Crippen molar-refractivity contribution in [3.05, 3.63) is 0 Å². The van der Waals surface area contributed by atoms with Gasteiger partial charge in [0.15, 0.2) is 0 Å². The molecule has 0 aliphatic carbocycles. The molecule has 14 heavy (non-hydrogen) atoms. The van der Waals surface area contributed by atoms with Crippen LogP contribution in [0.4, 0.5) is 35.5 Å². The average molecular weight is 248 g/mol. The molecule has 0 amide bonds. The summed E-state index contributed by atoms with van der Waals surface area (Å²) >= 11 is 4.08. The van der Waals surface area contributed by atoms with E-state index >= 15 is 0 Å². The summed E-state index contributed by atoms with van der Waals surface area (Å²) in [5, 5.41) is 0. The number of carbonyl (C=O) groups is 1. The molecule has 84 valence electrons. The predicted molar refractivity (Wildman–Crippen MR) is 28.3 cm³/mol. The van der Waals surface area contributed by atoms with E-state index < -0.39 is 23.6 Å². The van der Waals surface area contributed by atoms with Crippen LogP contribution in [0.1, 0.15) is 0 Å². The Hall–Kier alpha value is -0.730. The number of hydrogen-bond acceptors (Lipinski definition) is 2. The molecule has 0 radical (unpaired) electrons. The van der Waals surface area contributed by atoms with Crippen LogP contribution in [-0.2, 0) is 4.74 Å². The highest BCUT2D eigenvalue weighted by Crippen LogP contribution is 2.47. The Kier molecular flexibility index (Phi) is 3.27. The minimum Gasteiger partial charge on any atom is -0.383 e. The fourth-order valence-electron chi connectivity index (χ4n) is 0.330. The molecule has 0 atom stereocenters. The fourth-order valence-corrected chi connectivity index (χ4v) is 0.427. The zero-order valence-corrected chi connectivity index (χ0v) is 6.60. The number of hydrogen-bond donors (Lipinski definition) is 0. The van der Waals surface area contributed by atoms with Gasteiger partial charge in [0.1, 0.15) is 0 Å². The minimum absolute atomic E-state index is 2.35. The third-order valence-electron chi connectivity index (χ3n) is 0.930. The van der Waals surface area contributed by atoms with Gasteiger partial charge in [0, 0.05) is 11.6 Å². The third-order valence-corrected chi connectivity index (χ3v) is 1.01. The lowest BCUT2D eigenvalue weighted by atomic mass is 10.3. The Morgan fingerprint density at radius 1 is 1.00 bits per heavy atom. The zero-order chi connectivity index (χ0) is 11.8. The highest BCUT2D eigenvalue weighted by molar-refractivity contribution is 6.61. The van der Waals surface area contributed by atoms with Crippen LogP contribution in [0.3, 0.4) is 0 Å². The summed E-state index contributed by atoms with van der Waals surface area (Å²) in [4.78, 5) is 9.60. The van der Waals surface area contributed by atoms with Crippen molar-refractivity contribution in [2.45, 2.75) is 18.2 Å². The van der Waals surface area contributed by atoms with Crippen molar-refractivity contribution >= 4 is 17.0 Å². The molecule has 0 aliphatic rings. The highest BCUT2D eigenvalue weighted by atomic mass is 35.5. The summed E-state index contributed by atoms with van der Waals surface area (Å²) in [6, 6.07) is 0. The van der Waals surface area contributed by atoms with Crippen molar-refractivity contribution in [2.75, 3.05) is 0 Å². The molecule has 0 aromatic heterocycles. The maximum atomic E-state index is 12.0. The summed E-state index contributed by atoms with van der Waals surface area (Å²) < 4.78 is 83.9. The molecule has 0 rings (SSSR count). The molecule has 0 saturated carbocycles. The molecule has 0 fully saturated rings. The summed E-state index contributed by atoms with van der Waals surface area (Å²) in [5.41, 5.74) is -2.47. The first kappa shape index (κ1) is 13.3. The maximum absolute atomic E-state index is 12.0. The van der Waals surface area contributed by atoms with Gasteiger partial charge in [-0.3, -0.25) is 0 Å². The molecule has 0 N–H and O–H groups in total. The van der Waals surface area contributed by atoms with Crippen LogP contribution in [0.25, 0.3) is 0 Å². The van der Waals surface area contributed by atoms with Crippen LogP contribution in [0.5, 0.6) is 0 Å². The Morgan fingerprint density at radius 2 is 1.36 bits per heavy atom. The molecular formula is C4ClF7O2. The molecule has 10 heteroatoms. The normalized spacial score (nSPS) is 14.0. The molecule has 0 aromatic carbocycles. The SMILES string of the molecule is O=C(Cl)OC(F)(F)C(F)(F)C(F)(F)F. The van der Waals surface area contributed by atoms with Gasteiger partial charge in [0.25, 0.3) is 0 Å². The van der Waals surface area contributed by atoms with E-state index in [-0.39, 0.29) is 0 Å². The molecule has 2 nitrogen and oxygen atoms in total. The van der Waals surface area contributed by atoms with Crippen LogP contribution in [0.2, 0.25) is 0 Å². The van der Waals surface area contributed by atoms with Crippen molar-refractivity contribution in [1.29, 1.82) is 0 Å². The van der Waals surface area contributed by atoms with Crippen molar-refractivity contribution in [2.24, 2.45) is 0 Å². The lowest BCUT2D eigenvalue weighted by Crippen LogP contribution is -2.53. The summed E-state index contributed by atoms with van der Waals surface area (Å²) in [6.07, 6.45) is -12.6. The number of carbonyl (C=O) groups excluding carboxylic acids is 1. The summed E-state index contributed by atoms with van der Waals surface area (Å²) in [5.74, 6) is -6.50. The minimum atomic E-state index is -6.55. The van der Waals surface area contributed by atoms with E-state index in [2.05, 4.69) is 16.3 Å². The van der Waals surface area contributed by atoms with Crippen molar-refractivity contribution < 1.29 is 40.3 Å². The van der Waals surface area contributed by atoms with Gasteiger partial charge in [0.2, 0.25) is 0 Å². The number of alkyl halides is 7.